The summed E-state index contributed by atoms with van der Waals surface area (Å²) in [7, 11) is 0. The number of rotatable bonds is 8. The fourth-order valence-corrected chi connectivity index (χ4v) is 3.97. The molecular formula is C24H30O14. The van der Waals surface area contributed by atoms with Gasteiger partial charge in [-0.25, -0.2) is 0 Å². The van der Waals surface area contributed by atoms with Crippen molar-refractivity contribution in [2.45, 2.75) is 61.4 Å². The van der Waals surface area contributed by atoms with Crippen molar-refractivity contribution >= 4 is 0 Å². The molecule has 9 N–H and O–H groups in total. The largest absolute Gasteiger partial charge is 0.504 e. The number of aromatic hydroxyl groups is 1. The second-order valence-corrected chi connectivity index (χ2v) is 8.83. The maximum absolute atomic E-state index is 10.4. The lowest BCUT2D eigenvalue weighted by Crippen LogP contribution is -2.60. The maximum atomic E-state index is 10.4. The topological polar surface area (TPSA) is 228 Å². The highest BCUT2D eigenvalue weighted by Crippen LogP contribution is 2.36. The van der Waals surface area contributed by atoms with E-state index in [0.717, 1.165) is 0 Å². The fourth-order valence-electron chi connectivity index (χ4n) is 3.97. The molecule has 2 aromatic rings. The lowest BCUT2D eigenvalue weighted by atomic mass is 9.99. The molecule has 0 bridgehead atoms. The third-order valence-electron chi connectivity index (χ3n) is 6.18. The SMILES string of the molecule is OC[C@@H]1O[C@H](Oc2ccc(Oc3ccc(O[C@@H]4O[C@H](CO)[C@@H](O)[C@H](O)[C@H]4O)cc3)c(O)c2)[C@@H](O)[C@H](O)[C@H]1O. The van der Waals surface area contributed by atoms with Crippen molar-refractivity contribution in [1.29, 1.82) is 0 Å². The first-order valence-corrected chi connectivity index (χ1v) is 11.7. The van der Waals surface area contributed by atoms with Gasteiger partial charge in [-0.3, -0.25) is 0 Å². The van der Waals surface area contributed by atoms with E-state index in [2.05, 4.69) is 0 Å². The molecule has 210 valence electrons. The normalized spacial score (nSPS) is 35.5. The molecule has 14 nitrogen and oxygen atoms in total. The molecule has 4 rings (SSSR count). The monoisotopic (exact) mass is 542 g/mol. The van der Waals surface area contributed by atoms with Gasteiger partial charge >= 0.3 is 0 Å². The minimum Gasteiger partial charge on any atom is -0.504 e. The van der Waals surface area contributed by atoms with E-state index in [9.17, 15) is 46.0 Å². The van der Waals surface area contributed by atoms with E-state index >= 15 is 0 Å². The Bertz CT molecular complexity index is 1050. The van der Waals surface area contributed by atoms with Crippen LogP contribution in [0.4, 0.5) is 0 Å². The first-order chi connectivity index (χ1) is 18.1. The molecule has 0 aliphatic carbocycles. The Morgan fingerprint density at radius 3 is 1.50 bits per heavy atom. The number of aliphatic hydroxyl groups is 8. The standard InChI is InChI=1S/C24H30O14/c25-8-15-17(28)19(30)21(32)23(37-15)35-11-3-1-10(2-4-11)34-14-6-5-12(7-13(14)27)36-24-22(33)20(31)18(29)16(9-26)38-24/h1-7,15-33H,8-9H2/t15-,16+,17-,18+,19+,20-,21-,22+,23-,24+/m1/s1. The summed E-state index contributed by atoms with van der Waals surface area (Å²) in [6, 6.07) is 9.83. The lowest BCUT2D eigenvalue weighted by Gasteiger charge is -2.39. The Balaban J connectivity index is 1.37. The van der Waals surface area contributed by atoms with Crippen molar-refractivity contribution in [2.24, 2.45) is 0 Å². The summed E-state index contributed by atoms with van der Waals surface area (Å²) in [6.45, 7) is -1.21. The average molecular weight is 542 g/mol. The van der Waals surface area contributed by atoms with Crippen molar-refractivity contribution < 1.29 is 69.6 Å². The van der Waals surface area contributed by atoms with Gasteiger partial charge in [0, 0.05) is 6.07 Å². The van der Waals surface area contributed by atoms with Gasteiger partial charge in [0.1, 0.15) is 66.1 Å². The molecule has 2 aromatic carbocycles. The number of phenolic OH excluding ortho intramolecular Hbond substituents is 1. The van der Waals surface area contributed by atoms with Gasteiger partial charge in [0.25, 0.3) is 0 Å². The molecular weight excluding hydrogens is 512 g/mol. The molecule has 0 saturated carbocycles. The van der Waals surface area contributed by atoms with Gasteiger partial charge in [-0.2, -0.15) is 0 Å². The van der Waals surface area contributed by atoms with Gasteiger partial charge in [0.15, 0.2) is 11.5 Å². The highest BCUT2D eigenvalue weighted by molar-refractivity contribution is 5.47. The van der Waals surface area contributed by atoms with Crippen LogP contribution in [0.3, 0.4) is 0 Å². The van der Waals surface area contributed by atoms with Gasteiger partial charge in [-0.15, -0.1) is 0 Å². The highest BCUT2D eigenvalue weighted by Gasteiger charge is 2.45. The molecule has 0 radical (unpaired) electrons. The summed E-state index contributed by atoms with van der Waals surface area (Å²) >= 11 is 0. The van der Waals surface area contributed by atoms with E-state index in [1.165, 1.54) is 42.5 Å². The van der Waals surface area contributed by atoms with Gasteiger partial charge in [-0.1, -0.05) is 0 Å². The third kappa shape index (κ3) is 5.94. The van der Waals surface area contributed by atoms with E-state index < -0.39 is 74.6 Å². The summed E-state index contributed by atoms with van der Waals surface area (Å²) < 4.78 is 27.2. The summed E-state index contributed by atoms with van der Waals surface area (Å²) in [4.78, 5) is 0. The summed E-state index contributed by atoms with van der Waals surface area (Å²) in [5.41, 5.74) is 0. The number of aliphatic hydroxyl groups excluding tert-OH is 8. The van der Waals surface area contributed by atoms with Crippen LogP contribution in [0.25, 0.3) is 0 Å². The van der Waals surface area contributed by atoms with Crippen LogP contribution >= 0.6 is 0 Å². The Morgan fingerprint density at radius 2 is 1.03 bits per heavy atom. The molecule has 2 heterocycles. The molecule has 2 fully saturated rings. The van der Waals surface area contributed by atoms with Crippen LogP contribution < -0.4 is 14.2 Å². The maximum Gasteiger partial charge on any atom is 0.229 e. The van der Waals surface area contributed by atoms with Gasteiger partial charge in [0.05, 0.1) is 13.2 Å². The van der Waals surface area contributed by atoms with Crippen LogP contribution in [0.15, 0.2) is 42.5 Å². The zero-order chi connectivity index (χ0) is 27.6. The van der Waals surface area contributed by atoms with E-state index in [1.807, 2.05) is 0 Å². The number of phenols is 1. The minimum atomic E-state index is -1.62. The lowest BCUT2D eigenvalue weighted by molar-refractivity contribution is -0.277. The van der Waals surface area contributed by atoms with Crippen LogP contribution in [0.1, 0.15) is 0 Å². The zero-order valence-electron chi connectivity index (χ0n) is 19.8. The molecule has 2 aliphatic heterocycles. The molecule has 0 unspecified atom stereocenters. The van der Waals surface area contributed by atoms with Gasteiger partial charge in [-0.05, 0) is 36.4 Å². The zero-order valence-corrected chi connectivity index (χ0v) is 19.8. The van der Waals surface area contributed by atoms with Crippen molar-refractivity contribution in [2.75, 3.05) is 13.2 Å². The Kier molecular flexibility index (Phi) is 8.89. The van der Waals surface area contributed by atoms with Gasteiger partial charge in [0.2, 0.25) is 12.6 Å². The van der Waals surface area contributed by atoms with Crippen molar-refractivity contribution in [3.05, 3.63) is 42.5 Å². The smallest absolute Gasteiger partial charge is 0.229 e. The first-order valence-electron chi connectivity index (χ1n) is 11.7. The molecule has 0 aromatic heterocycles. The van der Waals surface area contributed by atoms with Crippen LogP contribution in [0, 0.1) is 0 Å². The number of ether oxygens (including phenoxy) is 5. The van der Waals surface area contributed by atoms with E-state index in [0.29, 0.717) is 0 Å². The average Bonchev–Trinajstić information content (AvgIpc) is 2.91. The summed E-state index contributed by atoms with van der Waals surface area (Å²) in [5, 5.41) is 88.6. The number of benzene rings is 2. The van der Waals surface area contributed by atoms with Crippen LogP contribution in [-0.4, -0.2) is 121 Å². The fraction of sp³-hybridized carbons (Fsp3) is 0.500. The second-order valence-electron chi connectivity index (χ2n) is 8.83. The van der Waals surface area contributed by atoms with Crippen LogP contribution in [-0.2, 0) is 9.47 Å². The van der Waals surface area contributed by atoms with Crippen LogP contribution in [0.5, 0.6) is 28.7 Å². The highest BCUT2D eigenvalue weighted by atomic mass is 16.7. The van der Waals surface area contributed by atoms with E-state index in [4.69, 9.17) is 23.7 Å². The molecule has 0 amide bonds. The molecule has 14 heteroatoms. The minimum absolute atomic E-state index is 0.0359. The third-order valence-corrected chi connectivity index (χ3v) is 6.18. The van der Waals surface area contributed by atoms with E-state index in [-0.39, 0.29) is 28.7 Å². The Hall–Kier alpha value is -2.76. The second kappa shape index (κ2) is 12.0. The molecule has 2 aliphatic rings. The first kappa shape index (κ1) is 28.3. The Labute approximate surface area is 216 Å². The predicted octanol–water partition coefficient (Wildman–Crippen LogP) is -2.46. The number of hydrogen-bond acceptors (Lipinski definition) is 14. The quantitative estimate of drug-likeness (QED) is 0.169. The molecule has 0 spiro atoms. The van der Waals surface area contributed by atoms with Crippen molar-refractivity contribution in [3.63, 3.8) is 0 Å². The van der Waals surface area contributed by atoms with E-state index in [1.54, 1.807) is 0 Å². The molecule has 2 saturated heterocycles. The van der Waals surface area contributed by atoms with Gasteiger partial charge < -0.3 is 69.6 Å². The molecule has 38 heavy (non-hydrogen) atoms. The predicted molar refractivity (Wildman–Crippen MR) is 123 cm³/mol. The Morgan fingerprint density at radius 1 is 0.579 bits per heavy atom. The summed E-state index contributed by atoms with van der Waals surface area (Å²) in [6.07, 6.45) is -14.5. The molecule has 10 atom stereocenters. The van der Waals surface area contributed by atoms with Crippen LogP contribution in [0.2, 0.25) is 0 Å². The van der Waals surface area contributed by atoms with Crippen molar-refractivity contribution in [3.8, 4) is 28.7 Å². The summed E-state index contributed by atoms with van der Waals surface area (Å²) in [5.74, 6) is 0.239. The van der Waals surface area contributed by atoms with Crippen molar-refractivity contribution in [1.82, 2.24) is 0 Å². The number of hydrogen-bond donors (Lipinski definition) is 9.